The van der Waals surface area contributed by atoms with E-state index in [1.165, 1.54) is 0 Å². The Kier molecular flexibility index (Phi) is 4.44. The Bertz CT molecular complexity index is 465. The molecular formula is C14H26N2O3S. The summed E-state index contributed by atoms with van der Waals surface area (Å²) in [6, 6.07) is 0. The van der Waals surface area contributed by atoms with Gasteiger partial charge in [-0.05, 0) is 37.5 Å². The molecule has 0 bridgehead atoms. The Morgan fingerprint density at radius 2 is 1.85 bits per heavy atom. The molecular weight excluding hydrogens is 276 g/mol. The number of hydrogen-bond donors (Lipinski definition) is 1. The van der Waals surface area contributed by atoms with Gasteiger partial charge < -0.3 is 5.32 Å². The van der Waals surface area contributed by atoms with Gasteiger partial charge in [-0.15, -0.1) is 0 Å². The SMILES string of the molecule is CCS(=O)(=O)N1CCC(CNC(=O)C2CC2(C)C)CC1. The van der Waals surface area contributed by atoms with Crippen molar-refractivity contribution in [3.63, 3.8) is 0 Å². The van der Waals surface area contributed by atoms with E-state index in [9.17, 15) is 13.2 Å². The van der Waals surface area contributed by atoms with Crippen LogP contribution >= 0.6 is 0 Å². The fraction of sp³-hybridized carbons (Fsp3) is 0.929. The molecule has 1 saturated heterocycles. The standard InChI is InChI=1S/C14H26N2O3S/c1-4-20(18,19)16-7-5-11(6-8-16)10-15-13(17)12-9-14(12,2)3/h11-12H,4-10H2,1-3H3,(H,15,17). The lowest BCUT2D eigenvalue weighted by atomic mass is 9.98. The minimum atomic E-state index is -3.05. The summed E-state index contributed by atoms with van der Waals surface area (Å²) in [6.45, 7) is 7.78. The fourth-order valence-corrected chi connectivity index (χ4v) is 3.99. The lowest BCUT2D eigenvalue weighted by Gasteiger charge is -2.31. The zero-order valence-corrected chi connectivity index (χ0v) is 13.5. The van der Waals surface area contributed by atoms with Gasteiger partial charge in [0.05, 0.1) is 5.75 Å². The molecule has 2 rings (SSSR count). The smallest absolute Gasteiger partial charge is 0.223 e. The van der Waals surface area contributed by atoms with Crippen molar-refractivity contribution >= 4 is 15.9 Å². The lowest BCUT2D eigenvalue weighted by molar-refractivity contribution is -0.123. The van der Waals surface area contributed by atoms with Crippen LogP contribution in [0.5, 0.6) is 0 Å². The second-order valence-corrected chi connectivity index (χ2v) is 8.99. The van der Waals surface area contributed by atoms with E-state index in [0.29, 0.717) is 25.6 Å². The number of amides is 1. The quantitative estimate of drug-likeness (QED) is 0.830. The second-order valence-electron chi connectivity index (χ2n) is 6.73. The summed E-state index contributed by atoms with van der Waals surface area (Å²) in [4.78, 5) is 11.9. The molecule has 1 aliphatic carbocycles. The minimum absolute atomic E-state index is 0.165. The van der Waals surface area contributed by atoms with Crippen LogP contribution < -0.4 is 5.32 Å². The maximum atomic E-state index is 11.9. The molecule has 1 aliphatic heterocycles. The summed E-state index contributed by atoms with van der Waals surface area (Å²) >= 11 is 0. The molecule has 0 aromatic heterocycles. The first-order chi connectivity index (χ1) is 9.26. The van der Waals surface area contributed by atoms with Gasteiger partial charge in [0.25, 0.3) is 0 Å². The first kappa shape index (κ1) is 15.8. The molecule has 1 heterocycles. The molecule has 1 amide bonds. The number of hydrogen-bond acceptors (Lipinski definition) is 3. The summed E-state index contributed by atoms with van der Waals surface area (Å²) in [7, 11) is -3.05. The number of rotatable bonds is 5. The van der Waals surface area contributed by atoms with Crippen LogP contribution in [0.1, 0.15) is 40.0 Å². The first-order valence-electron chi connectivity index (χ1n) is 7.52. The van der Waals surface area contributed by atoms with Crippen LogP contribution in [-0.2, 0) is 14.8 Å². The lowest BCUT2D eigenvalue weighted by Crippen LogP contribution is -2.42. The van der Waals surface area contributed by atoms with Crippen LogP contribution in [0.4, 0.5) is 0 Å². The first-order valence-corrected chi connectivity index (χ1v) is 9.12. The highest BCUT2D eigenvalue weighted by Crippen LogP contribution is 2.51. The van der Waals surface area contributed by atoms with Gasteiger partial charge in [-0.1, -0.05) is 13.8 Å². The molecule has 1 N–H and O–H groups in total. The van der Waals surface area contributed by atoms with Gasteiger partial charge in [-0.25, -0.2) is 12.7 Å². The van der Waals surface area contributed by atoms with Crippen LogP contribution in [0, 0.1) is 17.3 Å². The highest BCUT2D eigenvalue weighted by atomic mass is 32.2. The van der Waals surface area contributed by atoms with Crippen LogP contribution in [0.25, 0.3) is 0 Å². The van der Waals surface area contributed by atoms with E-state index in [0.717, 1.165) is 19.3 Å². The topological polar surface area (TPSA) is 66.5 Å². The Hall–Kier alpha value is -0.620. The third-order valence-electron chi connectivity index (χ3n) is 4.73. The summed E-state index contributed by atoms with van der Waals surface area (Å²) in [5, 5.41) is 3.03. The van der Waals surface area contributed by atoms with Gasteiger partial charge in [0, 0.05) is 25.6 Å². The van der Waals surface area contributed by atoms with Gasteiger partial charge in [0.2, 0.25) is 15.9 Å². The molecule has 1 atom stereocenters. The van der Waals surface area contributed by atoms with E-state index >= 15 is 0 Å². The van der Waals surface area contributed by atoms with E-state index < -0.39 is 10.0 Å². The van der Waals surface area contributed by atoms with Crippen molar-refractivity contribution in [2.45, 2.75) is 40.0 Å². The van der Waals surface area contributed by atoms with Gasteiger partial charge in [-0.3, -0.25) is 4.79 Å². The van der Waals surface area contributed by atoms with E-state index in [1.807, 2.05) is 0 Å². The number of sulfonamides is 1. The average molecular weight is 302 g/mol. The molecule has 0 spiro atoms. The monoisotopic (exact) mass is 302 g/mol. The summed E-state index contributed by atoms with van der Waals surface area (Å²) in [6.07, 6.45) is 2.66. The Morgan fingerprint density at radius 1 is 1.30 bits per heavy atom. The van der Waals surface area contributed by atoms with Gasteiger partial charge in [-0.2, -0.15) is 0 Å². The van der Waals surface area contributed by atoms with Gasteiger partial charge >= 0.3 is 0 Å². The predicted octanol–water partition coefficient (Wildman–Crippen LogP) is 1.21. The Morgan fingerprint density at radius 3 is 2.30 bits per heavy atom. The predicted molar refractivity (Wildman–Crippen MR) is 78.7 cm³/mol. The third-order valence-corrected chi connectivity index (χ3v) is 6.61. The highest BCUT2D eigenvalue weighted by molar-refractivity contribution is 7.89. The van der Waals surface area contributed by atoms with Crippen LogP contribution in [-0.4, -0.2) is 44.0 Å². The Labute approximate surface area is 122 Å². The third kappa shape index (κ3) is 3.52. The zero-order chi connectivity index (χ0) is 15.0. The Balaban J connectivity index is 1.71. The van der Waals surface area contributed by atoms with Crippen molar-refractivity contribution < 1.29 is 13.2 Å². The second kappa shape index (κ2) is 5.64. The zero-order valence-electron chi connectivity index (χ0n) is 12.7. The molecule has 116 valence electrons. The molecule has 2 aliphatic rings. The van der Waals surface area contributed by atoms with Gasteiger partial charge in [0.15, 0.2) is 0 Å². The molecule has 0 aromatic carbocycles. The van der Waals surface area contributed by atoms with Crippen LogP contribution in [0.3, 0.4) is 0 Å². The molecule has 1 unspecified atom stereocenters. The fourth-order valence-electron chi connectivity index (χ4n) is 2.86. The van der Waals surface area contributed by atoms with Crippen molar-refractivity contribution in [3.05, 3.63) is 0 Å². The molecule has 1 saturated carbocycles. The minimum Gasteiger partial charge on any atom is -0.356 e. The van der Waals surface area contributed by atoms with Crippen molar-refractivity contribution in [3.8, 4) is 0 Å². The van der Waals surface area contributed by atoms with E-state index in [4.69, 9.17) is 0 Å². The van der Waals surface area contributed by atoms with E-state index in [-0.39, 0.29) is 23.0 Å². The number of carbonyl (C=O) groups is 1. The molecule has 20 heavy (non-hydrogen) atoms. The number of nitrogens with one attached hydrogen (secondary N) is 1. The van der Waals surface area contributed by atoms with Crippen molar-refractivity contribution in [1.82, 2.24) is 9.62 Å². The largest absolute Gasteiger partial charge is 0.356 e. The van der Waals surface area contributed by atoms with Crippen molar-refractivity contribution in [1.29, 1.82) is 0 Å². The van der Waals surface area contributed by atoms with Crippen LogP contribution in [0.15, 0.2) is 0 Å². The summed E-state index contributed by atoms with van der Waals surface area (Å²) in [5.74, 6) is 0.913. The average Bonchev–Trinajstić information content (AvgIpc) is 3.05. The summed E-state index contributed by atoms with van der Waals surface area (Å²) in [5.41, 5.74) is 0.169. The molecule has 5 nitrogen and oxygen atoms in total. The van der Waals surface area contributed by atoms with Crippen molar-refractivity contribution in [2.24, 2.45) is 17.3 Å². The van der Waals surface area contributed by atoms with Gasteiger partial charge in [0.1, 0.15) is 0 Å². The molecule has 2 fully saturated rings. The molecule has 0 aromatic rings. The van der Waals surface area contributed by atoms with E-state index in [2.05, 4.69) is 19.2 Å². The molecule has 6 heteroatoms. The van der Waals surface area contributed by atoms with E-state index in [1.54, 1.807) is 11.2 Å². The molecule has 0 radical (unpaired) electrons. The normalized spacial score (nSPS) is 27.2. The van der Waals surface area contributed by atoms with Crippen molar-refractivity contribution in [2.75, 3.05) is 25.4 Å². The number of piperidine rings is 1. The maximum absolute atomic E-state index is 11.9. The number of nitrogens with zero attached hydrogens (tertiary/aromatic N) is 1. The highest BCUT2D eigenvalue weighted by Gasteiger charge is 2.50. The maximum Gasteiger partial charge on any atom is 0.223 e. The summed E-state index contributed by atoms with van der Waals surface area (Å²) < 4.78 is 25.1. The van der Waals surface area contributed by atoms with Crippen LogP contribution in [0.2, 0.25) is 0 Å². The number of carbonyl (C=O) groups excluding carboxylic acids is 1.